The number of hydrogen-bond acceptors (Lipinski definition) is 4. The number of halogens is 2. The van der Waals surface area contributed by atoms with E-state index < -0.39 is 0 Å². The predicted octanol–water partition coefficient (Wildman–Crippen LogP) is 4.29. The summed E-state index contributed by atoms with van der Waals surface area (Å²) in [6.07, 6.45) is 3.27. The second kappa shape index (κ2) is 8.60. The molecule has 0 aliphatic carbocycles. The highest BCUT2D eigenvalue weighted by Gasteiger charge is 2.09. The van der Waals surface area contributed by atoms with Crippen molar-refractivity contribution in [3.05, 3.63) is 82.5 Å². The lowest BCUT2D eigenvalue weighted by molar-refractivity contribution is 0.0948. The number of benzene rings is 2. The van der Waals surface area contributed by atoms with Gasteiger partial charge in [0.1, 0.15) is 17.3 Å². The highest BCUT2D eigenvalue weighted by molar-refractivity contribution is 6.31. The number of hydrogen-bond donors (Lipinski definition) is 2. The molecule has 0 bridgehead atoms. The molecule has 0 saturated heterocycles. The molecular formula is C20H18ClFN4O. The van der Waals surface area contributed by atoms with E-state index in [1.54, 1.807) is 18.2 Å². The molecule has 3 rings (SSSR count). The first-order chi connectivity index (χ1) is 13.0. The number of nitrogens with one attached hydrogen (secondary N) is 2. The number of aromatic nitrogens is 2. The summed E-state index contributed by atoms with van der Waals surface area (Å²) in [5.74, 6) is -0.133. The molecule has 0 spiro atoms. The van der Waals surface area contributed by atoms with Crippen molar-refractivity contribution in [2.75, 3.05) is 11.9 Å². The predicted molar refractivity (Wildman–Crippen MR) is 104 cm³/mol. The van der Waals surface area contributed by atoms with Crippen molar-refractivity contribution in [1.82, 2.24) is 15.3 Å². The van der Waals surface area contributed by atoms with E-state index in [9.17, 15) is 9.18 Å². The van der Waals surface area contributed by atoms with Crippen LogP contribution in [0.1, 0.15) is 21.6 Å². The molecule has 5 nitrogen and oxygen atoms in total. The van der Waals surface area contributed by atoms with Crippen LogP contribution >= 0.6 is 11.6 Å². The van der Waals surface area contributed by atoms with Crippen molar-refractivity contribution in [1.29, 1.82) is 0 Å². The van der Waals surface area contributed by atoms with Crippen molar-refractivity contribution < 1.29 is 9.18 Å². The summed E-state index contributed by atoms with van der Waals surface area (Å²) in [4.78, 5) is 20.5. The van der Waals surface area contributed by atoms with Crippen LogP contribution in [0.4, 0.5) is 15.9 Å². The molecule has 2 N–H and O–H groups in total. The lowest BCUT2D eigenvalue weighted by Crippen LogP contribution is -2.26. The van der Waals surface area contributed by atoms with Gasteiger partial charge in [0, 0.05) is 17.3 Å². The Morgan fingerprint density at radius 1 is 1.11 bits per heavy atom. The lowest BCUT2D eigenvalue weighted by atomic mass is 10.1. The molecule has 0 unspecified atom stereocenters. The minimum absolute atomic E-state index is 0.192. The SMILES string of the molecule is Cc1c(Cl)cccc1Nc1cnc(C(=O)NCCc2ccccc2F)cn1. The quantitative estimate of drug-likeness (QED) is 0.665. The molecule has 2 aromatic carbocycles. The second-order valence-corrected chi connectivity index (χ2v) is 6.33. The van der Waals surface area contributed by atoms with Crippen molar-refractivity contribution in [2.24, 2.45) is 0 Å². The first kappa shape index (κ1) is 18.8. The van der Waals surface area contributed by atoms with Gasteiger partial charge < -0.3 is 10.6 Å². The number of rotatable bonds is 6. The molecule has 3 aromatic rings. The van der Waals surface area contributed by atoms with E-state index in [0.29, 0.717) is 29.4 Å². The van der Waals surface area contributed by atoms with Gasteiger partial charge in [-0.2, -0.15) is 0 Å². The average molecular weight is 385 g/mol. The number of carbonyl (C=O) groups is 1. The molecule has 0 saturated carbocycles. The second-order valence-electron chi connectivity index (χ2n) is 5.92. The Hall–Kier alpha value is -2.99. The Morgan fingerprint density at radius 3 is 2.67 bits per heavy atom. The zero-order chi connectivity index (χ0) is 19.2. The molecule has 0 fully saturated rings. The zero-order valence-corrected chi connectivity index (χ0v) is 15.4. The van der Waals surface area contributed by atoms with Crippen molar-refractivity contribution in [3.63, 3.8) is 0 Å². The van der Waals surface area contributed by atoms with Crippen molar-refractivity contribution in [2.45, 2.75) is 13.3 Å². The minimum atomic E-state index is -0.357. The van der Waals surface area contributed by atoms with Crippen molar-refractivity contribution >= 4 is 29.0 Å². The van der Waals surface area contributed by atoms with Gasteiger partial charge in [-0.25, -0.2) is 14.4 Å². The Morgan fingerprint density at radius 2 is 1.93 bits per heavy atom. The van der Waals surface area contributed by atoms with E-state index in [0.717, 1.165) is 11.3 Å². The summed E-state index contributed by atoms with van der Waals surface area (Å²) in [5.41, 5.74) is 2.46. The van der Waals surface area contributed by atoms with Crippen LogP contribution in [0.2, 0.25) is 5.02 Å². The number of amides is 1. The maximum Gasteiger partial charge on any atom is 0.271 e. The van der Waals surface area contributed by atoms with Gasteiger partial charge in [-0.3, -0.25) is 4.79 Å². The van der Waals surface area contributed by atoms with E-state index in [4.69, 9.17) is 11.6 Å². The summed E-state index contributed by atoms with van der Waals surface area (Å²) in [6, 6.07) is 12.0. The molecule has 7 heteroatoms. The topological polar surface area (TPSA) is 66.9 Å². The fraction of sp³-hybridized carbons (Fsp3) is 0.150. The molecule has 1 heterocycles. The fourth-order valence-corrected chi connectivity index (χ4v) is 2.67. The van der Waals surface area contributed by atoms with Crippen LogP contribution in [0.25, 0.3) is 0 Å². The van der Waals surface area contributed by atoms with Crippen LogP contribution in [0.3, 0.4) is 0 Å². The van der Waals surface area contributed by atoms with Gasteiger partial charge in [0.25, 0.3) is 5.91 Å². The lowest BCUT2D eigenvalue weighted by Gasteiger charge is -2.10. The number of anilines is 2. The van der Waals surface area contributed by atoms with Gasteiger partial charge in [-0.15, -0.1) is 0 Å². The summed E-state index contributed by atoms with van der Waals surface area (Å²) in [5, 5.41) is 6.48. The maximum atomic E-state index is 13.6. The van der Waals surface area contributed by atoms with Crippen LogP contribution in [0.5, 0.6) is 0 Å². The molecule has 1 aromatic heterocycles. The van der Waals surface area contributed by atoms with E-state index in [-0.39, 0.29) is 17.4 Å². The Balaban J connectivity index is 1.57. The van der Waals surface area contributed by atoms with Gasteiger partial charge in [-0.05, 0) is 42.7 Å². The molecule has 0 aliphatic heterocycles. The Kier molecular flexibility index (Phi) is 5.98. The minimum Gasteiger partial charge on any atom is -0.350 e. The van der Waals surface area contributed by atoms with Crippen LogP contribution in [-0.2, 0) is 6.42 Å². The van der Waals surface area contributed by atoms with Crippen LogP contribution < -0.4 is 10.6 Å². The maximum absolute atomic E-state index is 13.6. The van der Waals surface area contributed by atoms with Gasteiger partial charge in [-0.1, -0.05) is 35.9 Å². The monoisotopic (exact) mass is 384 g/mol. The molecule has 0 atom stereocenters. The zero-order valence-electron chi connectivity index (χ0n) is 14.7. The van der Waals surface area contributed by atoms with Crippen LogP contribution in [-0.4, -0.2) is 22.4 Å². The largest absolute Gasteiger partial charge is 0.350 e. The van der Waals surface area contributed by atoms with E-state index in [1.807, 2.05) is 25.1 Å². The Labute approximate surface area is 161 Å². The van der Waals surface area contributed by atoms with Crippen LogP contribution in [0.15, 0.2) is 54.9 Å². The smallest absolute Gasteiger partial charge is 0.271 e. The van der Waals surface area contributed by atoms with E-state index in [1.165, 1.54) is 18.5 Å². The third-order valence-corrected chi connectivity index (χ3v) is 4.46. The van der Waals surface area contributed by atoms with Crippen LogP contribution in [0, 0.1) is 12.7 Å². The number of carbonyl (C=O) groups excluding carboxylic acids is 1. The number of nitrogens with zero attached hydrogens (tertiary/aromatic N) is 2. The summed E-state index contributed by atoms with van der Waals surface area (Å²) >= 11 is 6.10. The first-order valence-corrected chi connectivity index (χ1v) is 8.78. The van der Waals surface area contributed by atoms with Gasteiger partial charge in [0.15, 0.2) is 0 Å². The normalized spacial score (nSPS) is 10.5. The molecule has 138 valence electrons. The third kappa shape index (κ3) is 4.80. The summed E-state index contributed by atoms with van der Waals surface area (Å²) < 4.78 is 13.6. The summed E-state index contributed by atoms with van der Waals surface area (Å²) in [6.45, 7) is 2.21. The van der Waals surface area contributed by atoms with Gasteiger partial charge in [0.2, 0.25) is 0 Å². The fourth-order valence-electron chi connectivity index (χ4n) is 2.49. The highest BCUT2D eigenvalue weighted by atomic mass is 35.5. The molecule has 27 heavy (non-hydrogen) atoms. The molecule has 1 amide bonds. The standard InChI is InChI=1S/C20H18ClFN4O/c1-13-15(21)6-4-8-17(13)26-19-12-24-18(11-25-19)20(27)23-10-9-14-5-2-3-7-16(14)22/h2-8,11-12H,9-10H2,1H3,(H,23,27)(H,25,26). The van der Waals surface area contributed by atoms with E-state index >= 15 is 0 Å². The molecule has 0 radical (unpaired) electrons. The van der Waals surface area contributed by atoms with Crippen molar-refractivity contribution in [3.8, 4) is 0 Å². The highest BCUT2D eigenvalue weighted by Crippen LogP contribution is 2.25. The van der Waals surface area contributed by atoms with Gasteiger partial charge in [0.05, 0.1) is 12.4 Å². The average Bonchev–Trinajstić information content (AvgIpc) is 2.67. The Bertz CT molecular complexity index is 947. The first-order valence-electron chi connectivity index (χ1n) is 8.40. The summed E-state index contributed by atoms with van der Waals surface area (Å²) in [7, 11) is 0. The third-order valence-electron chi connectivity index (χ3n) is 4.05. The molecular weight excluding hydrogens is 367 g/mol. The van der Waals surface area contributed by atoms with E-state index in [2.05, 4.69) is 20.6 Å². The van der Waals surface area contributed by atoms with Gasteiger partial charge >= 0.3 is 0 Å². The molecule has 0 aliphatic rings.